The molecule has 3 atom stereocenters. The summed E-state index contributed by atoms with van der Waals surface area (Å²) in [5.41, 5.74) is 0. The van der Waals surface area contributed by atoms with Gasteiger partial charge in [0.05, 0.1) is 13.2 Å². The fourth-order valence-electron chi connectivity index (χ4n) is 5.79. The lowest BCUT2D eigenvalue weighted by Crippen LogP contribution is -2.43. The first-order valence-corrected chi connectivity index (χ1v) is 23.0. The molecule has 0 aliphatic carbocycles. The van der Waals surface area contributed by atoms with Gasteiger partial charge in [-0.05, 0) is 51.4 Å². The fraction of sp³-hybridized carbons (Fsp3) is 0.791. The van der Waals surface area contributed by atoms with Crippen LogP contribution in [0.25, 0.3) is 0 Å². The number of allylic oxidation sites excluding steroid dienone is 6. The van der Waals surface area contributed by atoms with E-state index in [4.69, 9.17) is 13.8 Å². The van der Waals surface area contributed by atoms with Crippen molar-refractivity contribution >= 4 is 25.7 Å². The topological polar surface area (TPSA) is 169 Å². The van der Waals surface area contributed by atoms with Crippen molar-refractivity contribution in [3.8, 4) is 0 Å². The highest BCUT2D eigenvalue weighted by Crippen LogP contribution is 2.43. The highest BCUT2D eigenvalue weighted by molar-refractivity contribution is 7.47. The van der Waals surface area contributed by atoms with E-state index < -0.39 is 57.6 Å². The third-order valence-electron chi connectivity index (χ3n) is 9.18. The van der Waals surface area contributed by atoms with Crippen LogP contribution in [-0.2, 0) is 32.7 Å². The Balaban J connectivity index is 3.94. The Bertz CT molecular complexity index is 1080. The van der Waals surface area contributed by atoms with Crippen LogP contribution in [0.2, 0.25) is 0 Å². The minimum atomic E-state index is -4.76. The molecular weight excluding hydrogens is 721 g/mol. The second-order valence-corrected chi connectivity index (χ2v) is 16.0. The molecule has 0 aliphatic rings. The molecule has 0 aromatic carbocycles. The molecule has 12 heteroatoms. The minimum absolute atomic E-state index is 0.131. The summed E-state index contributed by atoms with van der Waals surface area (Å²) in [5.74, 6) is -2.39. The number of aliphatic carboxylic acids is 1. The van der Waals surface area contributed by atoms with E-state index in [2.05, 4.69) is 55.6 Å². The number of carboxylic acids is 1. The highest BCUT2D eigenvalue weighted by Gasteiger charge is 2.28. The molecule has 320 valence electrons. The van der Waals surface area contributed by atoms with Gasteiger partial charge in [0.2, 0.25) is 5.91 Å². The van der Waals surface area contributed by atoms with E-state index in [1.54, 1.807) is 0 Å². The van der Waals surface area contributed by atoms with Crippen LogP contribution < -0.4 is 5.32 Å². The number of phosphoric acid groups is 1. The predicted octanol–water partition coefficient (Wildman–Crippen LogP) is 10.8. The number of unbranched alkanes of at least 4 members (excludes halogenated alkanes) is 20. The van der Waals surface area contributed by atoms with Crippen LogP contribution in [0.4, 0.5) is 0 Å². The van der Waals surface area contributed by atoms with Gasteiger partial charge >= 0.3 is 19.8 Å². The summed E-state index contributed by atoms with van der Waals surface area (Å²) in [5, 5.41) is 21.8. The average Bonchev–Trinajstić information content (AvgIpc) is 3.16. The molecule has 4 N–H and O–H groups in total. The van der Waals surface area contributed by atoms with Crippen molar-refractivity contribution < 1.29 is 47.8 Å². The van der Waals surface area contributed by atoms with E-state index in [0.29, 0.717) is 12.8 Å². The molecule has 0 heterocycles. The van der Waals surface area contributed by atoms with Gasteiger partial charge < -0.3 is 25.2 Å². The van der Waals surface area contributed by atoms with E-state index in [-0.39, 0.29) is 12.8 Å². The van der Waals surface area contributed by atoms with Crippen LogP contribution in [0.3, 0.4) is 0 Å². The second-order valence-electron chi connectivity index (χ2n) is 14.5. The third kappa shape index (κ3) is 38.4. The summed E-state index contributed by atoms with van der Waals surface area (Å²) < 4.78 is 26.8. The summed E-state index contributed by atoms with van der Waals surface area (Å²) >= 11 is 0. The van der Waals surface area contributed by atoms with Gasteiger partial charge in [0.15, 0.2) is 6.04 Å². The number of aliphatic hydroxyl groups is 1. The number of hydrogen-bond donors (Lipinski definition) is 4. The number of carbonyl (C=O) groups is 3. The molecule has 0 fully saturated rings. The van der Waals surface area contributed by atoms with Crippen molar-refractivity contribution in [3.63, 3.8) is 0 Å². The summed E-state index contributed by atoms with van der Waals surface area (Å²) in [6.45, 7) is 2.55. The Labute approximate surface area is 333 Å². The summed E-state index contributed by atoms with van der Waals surface area (Å²) in [6, 6.07) is -1.55. The van der Waals surface area contributed by atoms with Crippen LogP contribution in [0, 0.1) is 0 Å². The summed E-state index contributed by atoms with van der Waals surface area (Å²) in [6.07, 6.45) is 40.2. The molecule has 0 radical (unpaired) electrons. The molecule has 11 nitrogen and oxygen atoms in total. The highest BCUT2D eigenvalue weighted by atomic mass is 31.2. The zero-order valence-electron chi connectivity index (χ0n) is 34.5. The van der Waals surface area contributed by atoms with Crippen molar-refractivity contribution in [2.24, 2.45) is 0 Å². The van der Waals surface area contributed by atoms with Crippen molar-refractivity contribution in [2.75, 3.05) is 19.8 Å². The molecule has 0 spiro atoms. The Morgan fingerprint density at radius 1 is 0.582 bits per heavy atom. The molecule has 0 aliphatic heterocycles. The second kappa shape index (κ2) is 38.6. The largest absolute Gasteiger partial charge is 0.480 e. The number of hydrogen-bond acceptors (Lipinski definition) is 8. The maximum Gasteiger partial charge on any atom is 0.472 e. The number of carboxylic acid groups (broad SMARTS) is 1. The third-order valence-corrected chi connectivity index (χ3v) is 10.1. The maximum absolute atomic E-state index is 12.3. The van der Waals surface area contributed by atoms with Gasteiger partial charge in [0.1, 0.15) is 12.7 Å². The Kier molecular flexibility index (Phi) is 37.0. The molecule has 0 saturated carbocycles. The lowest BCUT2D eigenvalue weighted by atomic mass is 10.0. The van der Waals surface area contributed by atoms with E-state index in [9.17, 15) is 34.1 Å². The zero-order chi connectivity index (χ0) is 40.7. The summed E-state index contributed by atoms with van der Waals surface area (Å²) in [7, 11) is -4.76. The molecule has 0 rings (SSSR count). The molecule has 1 amide bonds. The predicted molar refractivity (Wildman–Crippen MR) is 222 cm³/mol. The number of aliphatic hydroxyl groups excluding tert-OH is 1. The van der Waals surface area contributed by atoms with Crippen molar-refractivity contribution in [1.29, 1.82) is 0 Å². The standard InChI is InChI=1S/C43H78NO10P/c1-3-5-7-9-11-13-15-17-18-19-20-21-22-23-24-26-28-30-32-34-41(46)44-40(43(48)49)38-54-55(50,51)53-37-39(45)36-52-42(47)35-33-31-29-27-25-16-14-12-10-8-6-4-2/h11,13,17-18,20-21,39-40,45H,3-10,12,14-16,19,22-38H2,1-2H3,(H,44,46)(H,48,49)(H,50,51)/b13-11-,18-17-,21-20-. The van der Waals surface area contributed by atoms with Gasteiger partial charge in [-0.1, -0.05) is 159 Å². The van der Waals surface area contributed by atoms with Gasteiger partial charge in [-0.3, -0.25) is 18.6 Å². The first-order chi connectivity index (χ1) is 26.6. The van der Waals surface area contributed by atoms with Crippen molar-refractivity contribution in [1.82, 2.24) is 5.32 Å². The molecular formula is C43H78NO10P. The first-order valence-electron chi connectivity index (χ1n) is 21.5. The van der Waals surface area contributed by atoms with Gasteiger partial charge in [-0.25, -0.2) is 9.36 Å². The van der Waals surface area contributed by atoms with Crippen LogP contribution >= 0.6 is 7.82 Å². The van der Waals surface area contributed by atoms with Crippen LogP contribution in [0.1, 0.15) is 187 Å². The van der Waals surface area contributed by atoms with Crippen molar-refractivity contribution in [3.05, 3.63) is 36.5 Å². The molecule has 55 heavy (non-hydrogen) atoms. The number of ether oxygens (including phenoxy) is 1. The number of amides is 1. The monoisotopic (exact) mass is 800 g/mol. The quantitative estimate of drug-likeness (QED) is 0.0202. The molecule has 0 saturated heterocycles. The maximum atomic E-state index is 12.3. The first kappa shape index (κ1) is 52.7. The molecule has 0 aromatic heterocycles. The van der Waals surface area contributed by atoms with E-state index >= 15 is 0 Å². The lowest BCUT2D eigenvalue weighted by Gasteiger charge is -2.18. The normalized spacial score (nSPS) is 14.1. The van der Waals surface area contributed by atoms with Gasteiger partial charge in [0, 0.05) is 12.8 Å². The number of rotatable bonds is 40. The minimum Gasteiger partial charge on any atom is -0.480 e. The number of phosphoric ester groups is 1. The molecule has 0 aromatic rings. The molecule has 0 bridgehead atoms. The lowest BCUT2D eigenvalue weighted by molar-refractivity contribution is -0.147. The Morgan fingerprint density at radius 3 is 1.53 bits per heavy atom. The van der Waals surface area contributed by atoms with Gasteiger partial charge in [0.25, 0.3) is 0 Å². The van der Waals surface area contributed by atoms with Crippen molar-refractivity contribution in [2.45, 2.75) is 199 Å². The van der Waals surface area contributed by atoms with Crippen LogP contribution in [-0.4, -0.2) is 64.9 Å². The van der Waals surface area contributed by atoms with Crippen LogP contribution in [0.5, 0.6) is 0 Å². The number of nitrogens with one attached hydrogen (secondary N) is 1. The number of esters is 1. The molecule has 3 unspecified atom stereocenters. The van der Waals surface area contributed by atoms with Gasteiger partial charge in [-0.15, -0.1) is 0 Å². The average molecular weight is 800 g/mol. The van der Waals surface area contributed by atoms with E-state index in [0.717, 1.165) is 70.6 Å². The Hall–Kier alpha value is -2.30. The fourth-order valence-corrected chi connectivity index (χ4v) is 6.56. The Morgan fingerprint density at radius 2 is 1.00 bits per heavy atom. The van der Waals surface area contributed by atoms with Crippen LogP contribution in [0.15, 0.2) is 36.5 Å². The smallest absolute Gasteiger partial charge is 0.472 e. The number of carbonyl (C=O) groups excluding carboxylic acids is 2. The van der Waals surface area contributed by atoms with Gasteiger partial charge in [-0.2, -0.15) is 0 Å². The van der Waals surface area contributed by atoms with E-state index in [1.807, 2.05) is 0 Å². The zero-order valence-corrected chi connectivity index (χ0v) is 35.4. The van der Waals surface area contributed by atoms with E-state index in [1.165, 1.54) is 77.0 Å². The SMILES string of the molecule is CCCCC/C=C\C/C=C\C/C=C\CCCCCCCCC(=O)NC(COP(=O)(O)OCC(O)COC(=O)CCCCCCCCCCCCCC)C(=O)O. The summed E-state index contributed by atoms with van der Waals surface area (Å²) in [4.78, 5) is 45.8.